The molecule has 3 heteroatoms. The molecule has 3 rings (SSSR count). The number of fused-ring (bicyclic) bond motifs is 1. The Morgan fingerprint density at radius 2 is 1.82 bits per heavy atom. The van der Waals surface area contributed by atoms with Crippen molar-refractivity contribution >= 4 is 22.4 Å². The van der Waals surface area contributed by atoms with Crippen LogP contribution in [-0.2, 0) is 13.0 Å². The second kappa shape index (κ2) is 7.46. The van der Waals surface area contributed by atoms with Crippen molar-refractivity contribution in [3.63, 3.8) is 0 Å². The minimum atomic E-state index is 0.760. The first-order chi connectivity index (χ1) is 10.9. The van der Waals surface area contributed by atoms with Gasteiger partial charge in [0.25, 0.3) is 0 Å². The third-order valence-corrected chi connectivity index (χ3v) is 4.30. The van der Waals surface area contributed by atoms with Crippen LogP contribution in [0, 0.1) is 0 Å². The van der Waals surface area contributed by atoms with Gasteiger partial charge in [0, 0.05) is 24.3 Å². The lowest BCUT2D eigenvalue weighted by Gasteiger charge is -2.09. The van der Waals surface area contributed by atoms with E-state index in [4.69, 9.17) is 11.6 Å². The highest BCUT2D eigenvalue weighted by Crippen LogP contribution is 2.17. The molecule has 114 valence electrons. The maximum Gasteiger partial charge on any atom is 0.0951 e. The molecule has 2 aromatic carbocycles. The van der Waals surface area contributed by atoms with Crippen LogP contribution in [0.4, 0.5) is 0 Å². The van der Waals surface area contributed by atoms with Gasteiger partial charge >= 0.3 is 0 Å². The topological polar surface area (TPSA) is 17.8 Å². The van der Waals surface area contributed by atoms with Gasteiger partial charge in [-0.25, -0.2) is 4.98 Å². The fourth-order valence-corrected chi connectivity index (χ4v) is 3.00. The standard InChI is InChI=1S/C19H21ClN2/c20-11-5-1-2-8-19-13-21-15-22(19)14-16-9-10-17-6-3-4-7-18(17)12-16/h3-4,6-7,9-10,12-13,15H,1-2,5,8,11,14H2. The van der Waals surface area contributed by atoms with Crippen molar-refractivity contribution in [1.82, 2.24) is 9.55 Å². The zero-order valence-corrected chi connectivity index (χ0v) is 13.5. The summed E-state index contributed by atoms with van der Waals surface area (Å²) in [5.74, 6) is 0.760. The number of imidazole rings is 1. The van der Waals surface area contributed by atoms with E-state index in [2.05, 4.69) is 52.0 Å². The van der Waals surface area contributed by atoms with E-state index in [1.165, 1.54) is 34.9 Å². The van der Waals surface area contributed by atoms with Crippen molar-refractivity contribution in [2.24, 2.45) is 0 Å². The summed E-state index contributed by atoms with van der Waals surface area (Å²) in [6.07, 6.45) is 8.46. The summed E-state index contributed by atoms with van der Waals surface area (Å²) < 4.78 is 2.25. The lowest BCUT2D eigenvalue weighted by Crippen LogP contribution is -2.03. The molecule has 2 nitrogen and oxygen atoms in total. The number of benzene rings is 2. The van der Waals surface area contributed by atoms with Gasteiger partial charge in [0.2, 0.25) is 0 Å². The maximum atomic E-state index is 5.73. The molecular weight excluding hydrogens is 292 g/mol. The summed E-state index contributed by atoms with van der Waals surface area (Å²) in [5, 5.41) is 2.59. The minimum absolute atomic E-state index is 0.760. The Balaban J connectivity index is 1.70. The molecule has 0 spiro atoms. The van der Waals surface area contributed by atoms with Crippen LogP contribution >= 0.6 is 11.6 Å². The zero-order chi connectivity index (χ0) is 15.2. The Hall–Kier alpha value is -1.80. The molecule has 1 heterocycles. The van der Waals surface area contributed by atoms with Gasteiger partial charge in [-0.3, -0.25) is 0 Å². The number of unbranched alkanes of at least 4 members (excludes halogenated alkanes) is 2. The molecule has 0 saturated heterocycles. The Bertz CT molecular complexity index is 733. The molecule has 1 aromatic heterocycles. The predicted octanol–water partition coefficient (Wildman–Crippen LogP) is 5.04. The van der Waals surface area contributed by atoms with Crippen molar-refractivity contribution < 1.29 is 0 Å². The number of nitrogens with zero attached hydrogens (tertiary/aromatic N) is 2. The number of rotatable bonds is 7. The molecule has 0 bridgehead atoms. The number of aromatic nitrogens is 2. The Morgan fingerprint density at radius 3 is 2.68 bits per heavy atom. The predicted molar refractivity (Wildman–Crippen MR) is 93.6 cm³/mol. The van der Waals surface area contributed by atoms with Crippen molar-refractivity contribution in [2.75, 3.05) is 5.88 Å². The van der Waals surface area contributed by atoms with Gasteiger partial charge < -0.3 is 4.57 Å². The molecule has 0 aliphatic heterocycles. The third-order valence-electron chi connectivity index (χ3n) is 4.03. The molecule has 0 fully saturated rings. The quantitative estimate of drug-likeness (QED) is 0.441. The minimum Gasteiger partial charge on any atom is -0.330 e. The van der Waals surface area contributed by atoms with Crippen LogP contribution in [0.3, 0.4) is 0 Å². The van der Waals surface area contributed by atoms with Crippen molar-refractivity contribution in [3.05, 3.63) is 66.2 Å². The largest absolute Gasteiger partial charge is 0.330 e. The van der Waals surface area contributed by atoms with Gasteiger partial charge in [0.1, 0.15) is 0 Å². The van der Waals surface area contributed by atoms with E-state index in [1.54, 1.807) is 0 Å². The summed E-state index contributed by atoms with van der Waals surface area (Å²) in [4.78, 5) is 4.32. The van der Waals surface area contributed by atoms with Crippen LogP contribution in [0.1, 0.15) is 30.5 Å². The van der Waals surface area contributed by atoms with Crippen molar-refractivity contribution in [1.29, 1.82) is 0 Å². The fraction of sp³-hybridized carbons (Fsp3) is 0.316. The summed E-state index contributed by atoms with van der Waals surface area (Å²) in [6.45, 7) is 0.885. The highest BCUT2D eigenvalue weighted by Gasteiger charge is 2.04. The highest BCUT2D eigenvalue weighted by molar-refractivity contribution is 6.17. The normalized spacial score (nSPS) is 11.1. The Labute approximate surface area is 136 Å². The van der Waals surface area contributed by atoms with Gasteiger partial charge in [-0.1, -0.05) is 42.8 Å². The monoisotopic (exact) mass is 312 g/mol. The smallest absolute Gasteiger partial charge is 0.0951 e. The van der Waals surface area contributed by atoms with E-state index in [0.717, 1.165) is 25.3 Å². The Morgan fingerprint density at radius 1 is 0.955 bits per heavy atom. The van der Waals surface area contributed by atoms with E-state index >= 15 is 0 Å². The van der Waals surface area contributed by atoms with Crippen LogP contribution in [0.2, 0.25) is 0 Å². The first-order valence-corrected chi connectivity index (χ1v) is 8.43. The summed E-state index contributed by atoms with van der Waals surface area (Å²) >= 11 is 5.73. The Kier molecular flexibility index (Phi) is 5.12. The van der Waals surface area contributed by atoms with Crippen molar-refractivity contribution in [2.45, 2.75) is 32.2 Å². The average Bonchev–Trinajstić information content (AvgIpc) is 2.99. The molecule has 0 aliphatic carbocycles. The van der Waals surface area contributed by atoms with E-state index in [1.807, 2.05) is 12.5 Å². The SMILES string of the molecule is ClCCCCCc1cncn1Cc1ccc2ccccc2c1. The average molecular weight is 313 g/mol. The summed E-state index contributed by atoms with van der Waals surface area (Å²) in [6, 6.07) is 15.2. The van der Waals surface area contributed by atoms with E-state index in [0.29, 0.717) is 0 Å². The number of hydrogen-bond acceptors (Lipinski definition) is 1. The molecule has 0 unspecified atom stereocenters. The fourth-order valence-electron chi connectivity index (χ4n) is 2.81. The van der Waals surface area contributed by atoms with Crippen LogP contribution in [0.25, 0.3) is 10.8 Å². The van der Waals surface area contributed by atoms with E-state index in [9.17, 15) is 0 Å². The summed E-state index contributed by atoms with van der Waals surface area (Å²) in [7, 11) is 0. The molecule has 0 radical (unpaired) electrons. The lowest BCUT2D eigenvalue weighted by atomic mass is 10.1. The number of halogens is 1. The molecule has 22 heavy (non-hydrogen) atoms. The second-order valence-corrected chi connectivity index (χ2v) is 6.07. The number of alkyl halides is 1. The van der Waals surface area contributed by atoms with Gasteiger partial charge in [-0.15, -0.1) is 11.6 Å². The van der Waals surface area contributed by atoms with E-state index in [-0.39, 0.29) is 0 Å². The van der Waals surface area contributed by atoms with Gasteiger partial charge in [-0.05, 0) is 41.7 Å². The molecule has 0 N–H and O–H groups in total. The molecular formula is C19H21ClN2. The first kappa shape index (κ1) is 15.1. The highest BCUT2D eigenvalue weighted by atomic mass is 35.5. The van der Waals surface area contributed by atoms with Gasteiger partial charge in [0.15, 0.2) is 0 Å². The van der Waals surface area contributed by atoms with Crippen LogP contribution in [-0.4, -0.2) is 15.4 Å². The maximum absolute atomic E-state index is 5.73. The van der Waals surface area contributed by atoms with Crippen LogP contribution in [0.5, 0.6) is 0 Å². The molecule has 0 atom stereocenters. The lowest BCUT2D eigenvalue weighted by molar-refractivity contribution is 0.668. The molecule has 0 saturated carbocycles. The zero-order valence-electron chi connectivity index (χ0n) is 12.7. The van der Waals surface area contributed by atoms with Crippen LogP contribution in [0.15, 0.2) is 55.0 Å². The van der Waals surface area contributed by atoms with E-state index < -0.39 is 0 Å². The first-order valence-electron chi connectivity index (χ1n) is 7.89. The summed E-state index contributed by atoms with van der Waals surface area (Å²) in [5.41, 5.74) is 2.63. The van der Waals surface area contributed by atoms with Crippen molar-refractivity contribution in [3.8, 4) is 0 Å². The second-order valence-electron chi connectivity index (χ2n) is 5.69. The number of hydrogen-bond donors (Lipinski definition) is 0. The molecule has 0 amide bonds. The van der Waals surface area contributed by atoms with Crippen LogP contribution < -0.4 is 0 Å². The van der Waals surface area contributed by atoms with Gasteiger partial charge in [-0.2, -0.15) is 0 Å². The third kappa shape index (κ3) is 3.69. The van der Waals surface area contributed by atoms with Gasteiger partial charge in [0.05, 0.1) is 6.33 Å². The number of aryl methyl sites for hydroxylation is 1. The molecule has 3 aromatic rings. The molecule has 0 aliphatic rings.